The van der Waals surface area contributed by atoms with Crippen LogP contribution in [0.1, 0.15) is 11.1 Å². The van der Waals surface area contributed by atoms with Gasteiger partial charge >= 0.3 is 5.69 Å². The largest absolute Gasteiger partial charge is 0.497 e. The Morgan fingerprint density at radius 1 is 0.909 bits per heavy atom. The van der Waals surface area contributed by atoms with Crippen LogP contribution in [-0.2, 0) is 13.1 Å². The number of aromatic nitrogens is 2. The molecule has 0 atom stereocenters. The van der Waals surface area contributed by atoms with Crippen LogP contribution in [0.3, 0.4) is 0 Å². The normalized spacial score (nSPS) is 10.6. The van der Waals surface area contributed by atoms with Crippen molar-refractivity contribution in [3.63, 3.8) is 0 Å². The molecule has 2 heterocycles. The van der Waals surface area contributed by atoms with Crippen LogP contribution in [0.25, 0.3) is 11.6 Å². The van der Waals surface area contributed by atoms with Crippen LogP contribution >= 0.6 is 0 Å². The van der Waals surface area contributed by atoms with Crippen molar-refractivity contribution in [1.82, 2.24) is 9.97 Å². The SMILES string of the molecule is COc1ccc(CN(Cc2ccc(OC)cc2)c2nc(-c3ncco3)ccc2[N+](=O)O)cc1. The molecule has 0 aliphatic carbocycles. The van der Waals surface area contributed by atoms with Crippen LogP contribution in [0.5, 0.6) is 11.5 Å². The lowest BCUT2D eigenvalue weighted by molar-refractivity contribution is -0.729. The van der Waals surface area contributed by atoms with Crippen LogP contribution in [0.15, 0.2) is 77.5 Å². The molecule has 9 nitrogen and oxygen atoms in total. The fourth-order valence-corrected chi connectivity index (χ4v) is 3.40. The Morgan fingerprint density at radius 2 is 1.48 bits per heavy atom. The van der Waals surface area contributed by atoms with Gasteiger partial charge in [0.05, 0.1) is 25.3 Å². The summed E-state index contributed by atoms with van der Waals surface area (Å²) in [7, 11) is 3.22. The van der Waals surface area contributed by atoms with E-state index in [-0.39, 0.29) is 16.4 Å². The van der Waals surface area contributed by atoms with Crippen molar-refractivity contribution in [2.45, 2.75) is 13.1 Å². The Labute approximate surface area is 190 Å². The highest BCUT2D eigenvalue weighted by Gasteiger charge is 2.27. The van der Waals surface area contributed by atoms with E-state index in [2.05, 4.69) is 9.97 Å². The highest BCUT2D eigenvalue weighted by molar-refractivity contribution is 5.63. The molecule has 0 saturated heterocycles. The molecule has 0 saturated carbocycles. The van der Waals surface area contributed by atoms with Gasteiger partial charge in [0.25, 0.3) is 4.92 Å². The third-order valence-corrected chi connectivity index (χ3v) is 5.08. The maximum Gasteiger partial charge on any atom is 0.358 e. The van der Waals surface area contributed by atoms with E-state index in [9.17, 15) is 10.1 Å². The molecule has 9 heteroatoms. The molecule has 1 N–H and O–H groups in total. The molecule has 168 valence electrons. The first-order chi connectivity index (χ1) is 16.1. The summed E-state index contributed by atoms with van der Waals surface area (Å²) in [4.78, 5) is 22.4. The van der Waals surface area contributed by atoms with Crippen LogP contribution in [0.2, 0.25) is 0 Å². The predicted molar refractivity (Wildman–Crippen MR) is 121 cm³/mol. The smallest absolute Gasteiger partial charge is 0.358 e. The van der Waals surface area contributed by atoms with Crippen LogP contribution in [-0.4, -0.2) is 34.3 Å². The number of nitrogens with zero attached hydrogens (tertiary/aromatic N) is 4. The topological polar surface area (TPSA) is 101 Å². The molecular formula is C24H23N4O5+. The minimum Gasteiger partial charge on any atom is -0.497 e. The van der Waals surface area contributed by atoms with Crippen LogP contribution < -0.4 is 14.4 Å². The van der Waals surface area contributed by atoms with Gasteiger partial charge in [-0.25, -0.2) is 15.2 Å². The van der Waals surface area contributed by atoms with Crippen molar-refractivity contribution in [2.24, 2.45) is 0 Å². The number of hydrogen-bond acceptors (Lipinski definition) is 7. The second kappa shape index (κ2) is 9.82. The van der Waals surface area contributed by atoms with Gasteiger partial charge in [0, 0.05) is 19.2 Å². The third-order valence-electron chi connectivity index (χ3n) is 5.08. The van der Waals surface area contributed by atoms with Gasteiger partial charge in [-0.1, -0.05) is 24.3 Å². The van der Waals surface area contributed by atoms with Gasteiger partial charge in [-0.05, 0) is 41.5 Å². The Bertz CT molecular complexity index is 1160. The number of ether oxygens (including phenoxy) is 2. The standard InChI is InChI=1S/C24H23N4O5/c1-31-19-7-3-17(4-8-19)15-27(16-18-5-9-20(32-2)10-6-18)23-22(28(29)30)12-11-21(26-23)24-25-13-14-33-24/h3-14H,15-16H2,1-2H3,(H,29,30)/q+1. The first-order valence-electron chi connectivity index (χ1n) is 10.1. The molecule has 33 heavy (non-hydrogen) atoms. The predicted octanol–water partition coefficient (Wildman–Crippen LogP) is 4.76. The van der Waals surface area contributed by atoms with Crippen molar-refractivity contribution < 1.29 is 24.0 Å². The van der Waals surface area contributed by atoms with Crippen molar-refractivity contribution in [3.05, 3.63) is 89.2 Å². The summed E-state index contributed by atoms with van der Waals surface area (Å²) < 4.78 is 15.9. The minimum absolute atomic E-state index is 0.00679. The zero-order valence-electron chi connectivity index (χ0n) is 18.2. The lowest BCUT2D eigenvalue weighted by Crippen LogP contribution is -2.24. The van der Waals surface area contributed by atoms with Gasteiger partial charge in [0.2, 0.25) is 11.7 Å². The average molecular weight is 447 g/mol. The van der Waals surface area contributed by atoms with E-state index in [0.29, 0.717) is 24.7 Å². The first-order valence-corrected chi connectivity index (χ1v) is 10.1. The number of anilines is 1. The zero-order chi connectivity index (χ0) is 23.2. The third kappa shape index (κ3) is 5.09. The van der Waals surface area contributed by atoms with E-state index >= 15 is 0 Å². The van der Waals surface area contributed by atoms with E-state index in [1.807, 2.05) is 53.4 Å². The molecule has 0 aliphatic rings. The van der Waals surface area contributed by atoms with Gasteiger partial charge < -0.3 is 18.8 Å². The number of rotatable bonds is 9. The highest BCUT2D eigenvalue weighted by atomic mass is 16.6. The second-order valence-electron chi connectivity index (χ2n) is 7.20. The Kier molecular flexibility index (Phi) is 6.49. The Balaban J connectivity index is 1.76. The van der Waals surface area contributed by atoms with Crippen LogP contribution in [0, 0.1) is 4.91 Å². The molecule has 0 fully saturated rings. The highest BCUT2D eigenvalue weighted by Crippen LogP contribution is 2.31. The molecule has 0 amide bonds. The molecule has 2 aromatic heterocycles. The number of oxazole rings is 1. The average Bonchev–Trinajstić information content (AvgIpc) is 3.39. The van der Waals surface area contributed by atoms with Crippen molar-refractivity contribution in [1.29, 1.82) is 0 Å². The maximum atomic E-state index is 12.0. The summed E-state index contributed by atoms with van der Waals surface area (Å²) >= 11 is 0. The minimum atomic E-state index is -0.184. The molecule has 0 bridgehead atoms. The van der Waals surface area contributed by atoms with Gasteiger partial charge in [0.1, 0.15) is 23.5 Å². The van der Waals surface area contributed by atoms with Crippen molar-refractivity contribution in [2.75, 3.05) is 19.1 Å². The summed E-state index contributed by atoms with van der Waals surface area (Å²) in [6.07, 6.45) is 2.96. The number of benzene rings is 2. The lowest BCUT2D eigenvalue weighted by atomic mass is 10.1. The first kappa shape index (κ1) is 21.8. The maximum absolute atomic E-state index is 12.0. The van der Waals surface area contributed by atoms with Crippen molar-refractivity contribution >= 4 is 11.5 Å². The summed E-state index contributed by atoms with van der Waals surface area (Å²) in [5.41, 5.74) is 2.38. The van der Waals surface area contributed by atoms with E-state index in [4.69, 9.17) is 13.9 Å². The Hall–Kier alpha value is -4.40. The fraction of sp³-hybridized carbons (Fsp3) is 0.167. The molecule has 0 aliphatic heterocycles. The summed E-state index contributed by atoms with van der Waals surface area (Å²) in [5.74, 6) is 2.08. The van der Waals surface area contributed by atoms with E-state index in [0.717, 1.165) is 22.6 Å². The Morgan fingerprint density at radius 3 is 1.94 bits per heavy atom. The molecule has 4 rings (SSSR count). The molecule has 2 aromatic carbocycles. The quantitative estimate of drug-likeness (QED) is 0.367. The molecule has 0 spiro atoms. The molecule has 0 unspecified atom stereocenters. The van der Waals surface area contributed by atoms with Gasteiger partial charge in [0.15, 0.2) is 0 Å². The van der Waals surface area contributed by atoms with Crippen molar-refractivity contribution in [3.8, 4) is 23.1 Å². The van der Waals surface area contributed by atoms with Gasteiger partial charge in [-0.2, -0.15) is 0 Å². The monoisotopic (exact) mass is 447 g/mol. The summed E-state index contributed by atoms with van der Waals surface area (Å²) in [6, 6.07) is 18.3. The molecule has 0 radical (unpaired) electrons. The molecular weight excluding hydrogens is 424 g/mol. The van der Waals surface area contributed by atoms with E-state index in [1.54, 1.807) is 20.3 Å². The van der Waals surface area contributed by atoms with E-state index in [1.165, 1.54) is 18.5 Å². The van der Waals surface area contributed by atoms with Gasteiger partial charge in [-0.3, -0.25) is 0 Å². The number of methoxy groups -OCH3 is 2. The van der Waals surface area contributed by atoms with E-state index < -0.39 is 0 Å². The van der Waals surface area contributed by atoms with Gasteiger partial charge in [-0.15, -0.1) is 0 Å². The lowest BCUT2D eigenvalue weighted by Gasteiger charge is -2.24. The number of hydrogen-bond donors (Lipinski definition) is 1. The van der Waals surface area contributed by atoms with Crippen LogP contribution in [0.4, 0.5) is 11.5 Å². The number of pyridine rings is 1. The fourth-order valence-electron chi connectivity index (χ4n) is 3.40. The second-order valence-corrected chi connectivity index (χ2v) is 7.20. The summed E-state index contributed by atoms with van der Waals surface area (Å²) in [5, 5.41) is 9.78. The summed E-state index contributed by atoms with van der Waals surface area (Å²) in [6.45, 7) is 0.831. The molecule has 4 aromatic rings. The zero-order valence-corrected chi connectivity index (χ0v) is 18.2.